The summed E-state index contributed by atoms with van der Waals surface area (Å²) < 4.78 is 38.3. The fourth-order valence-electron chi connectivity index (χ4n) is 3.60. The molecule has 0 saturated heterocycles. The number of halogens is 3. The van der Waals surface area contributed by atoms with Gasteiger partial charge in [0.05, 0.1) is 5.56 Å². The van der Waals surface area contributed by atoms with Gasteiger partial charge < -0.3 is 10.6 Å². The quantitative estimate of drug-likeness (QED) is 0.144. The van der Waals surface area contributed by atoms with Gasteiger partial charge in [0.15, 0.2) is 0 Å². The summed E-state index contributed by atoms with van der Waals surface area (Å²) in [4.78, 5) is 35.6. The van der Waals surface area contributed by atoms with Crippen molar-refractivity contribution in [1.82, 2.24) is 5.48 Å². The van der Waals surface area contributed by atoms with Gasteiger partial charge in [-0.2, -0.15) is 13.2 Å². The second kappa shape index (κ2) is 11.0. The number of amides is 1. The average Bonchev–Trinajstić information content (AvgIpc) is 2.83. The van der Waals surface area contributed by atoms with Crippen molar-refractivity contribution in [3.05, 3.63) is 86.2 Å². The van der Waals surface area contributed by atoms with Gasteiger partial charge in [-0.25, -0.2) is 5.48 Å². The number of anilines is 3. The van der Waals surface area contributed by atoms with Crippen molar-refractivity contribution in [3.63, 3.8) is 0 Å². The van der Waals surface area contributed by atoms with Crippen molar-refractivity contribution in [1.29, 1.82) is 0 Å². The third kappa shape index (κ3) is 6.44. The Bertz CT molecular complexity index is 1170. The molecule has 180 valence electrons. The van der Waals surface area contributed by atoms with E-state index < -0.39 is 28.5 Å². The van der Waals surface area contributed by atoms with Crippen molar-refractivity contribution < 1.29 is 23.2 Å². The number of nitrogens with one attached hydrogen (secondary N) is 3. The molecule has 7 nitrogen and oxygen atoms in total. The SMILES string of the molecule is O=C(CCCCC(Cc1ccccc1)Nc1c(Nc2ccc(C(F)(F)F)cc2)c(=O)c1=O)NO. The van der Waals surface area contributed by atoms with E-state index in [-0.39, 0.29) is 29.5 Å². The van der Waals surface area contributed by atoms with Gasteiger partial charge in [-0.3, -0.25) is 19.6 Å². The summed E-state index contributed by atoms with van der Waals surface area (Å²) >= 11 is 0. The van der Waals surface area contributed by atoms with Crippen LogP contribution in [-0.2, 0) is 17.4 Å². The van der Waals surface area contributed by atoms with Crippen LogP contribution in [0.5, 0.6) is 0 Å². The average molecular weight is 475 g/mol. The van der Waals surface area contributed by atoms with E-state index in [0.717, 1.165) is 17.7 Å². The van der Waals surface area contributed by atoms with Crippen LogP contribution in [0.4, 0.5) is 30.2 Å². The largest absolute Gasteiger partial charge is 0.416 e. The van der Waals surface area contributed by atoms with Gasteiger partial charge in [0, 0.05) is 18.2 Å². The smallest absolute Gasteiger partial charge is 0.377 e. The standard InChI is InChI=1S/C24H24F3N3O4/c25-24(26,27)16-10-12-17(13-11-16)28-20-21(23(33)22(20)32)29-18(8-4-5-9-19(31)30-34)14-15-6-2-1-3-7-15/h1-3,6-7,10-13,18,28-29,34H,4-5,8-9,14H2,(H,30,31). The van der Waals surface area contributed by atoms with Crippen LogP contribution in [-0.4, -0.2) is 17.2 Å². The van der Waals surface area contributed by atoms with Gasteiger partial charge in [0.2, 0.25) is 5.91 Å². The summed E-state index contributed by atoms with van der Waals surface area (Å²) in [7, 11) is 0. The zero-order valence-electron chi connectivity index (χ0n) is 18.1. The molecular weight excluding hydrogens is 451 g/mol. The molecule has 3 rings (SSSR count). The Labute approximate surface area is 193 Å². The van der Waals surface area contributed by atoms with Crippen molar-refractivity contribution >= 4 is 23.0 Å². The summed E-state index contributed by atoms with van der Waals surface area (Å²) in [5.41, 5.74) is 0.645. The molecule has 34 heavy (non-hydrogen) atoms. The minimum atomic E-state index is -4.48. The van der Waals surface area contributed by atoms with E-state index in [9.17, 15) is 27.6 Å². The molecule has 1 amide bonds. The molecule has 0 saturated carbocycles. The van der Waals surface area contributed by atoms with E-state index in [1.807, 2.05) is 30.3 Å². The predicted octanol–water partition coefficient (Wildman–Crippen LogP) is 4.13. The highest BCUT2D eigenvalue weighted by Gasteiger charge is 2.30. The molecule has 0 bridgehead atoms. The van der Waals surface area contributed by atoms with Crippen LogP contribution in [0.15, 0.2) is 64.2 Å². The zero-order chi connectivity index (χ0) is 24.7. The molecule has 1 unspecified atom stereocenters. The van der Waals surface area contributed by atoms with Crippen molar-refractivity contribution in [3.8, 4) is 0 Å². The second-order valence-electron chi connectivity index (χ2n) is 7.92. The van der Waals surface area contributed by atoms with Crippen LogP contribution in [0, 0.1) is 0 Å². The topological polar surface area (TPSA) is 108 Å². The Morgan fingerprint density at radius 3 is 2.18 bits per heavy atom. The molecule has 0 spiro atoms. The minimum Gasteiger partial charge on any atom is -0.377 e. The van der Waals surface area contributed by atoms with Crippen molar-refractivity contribution in [2.24, 2.45) is 0 Å². The summed E-state index contributed by atoms with van der Waals surface area (Å²) in [6, 6.07) is 13.4. The highest BCUT2D eigenvalue weighted by atomic mass is 19.4. The lowest BCUT2D eigenvalue weighted by Gasteiger charge is -2.23. The van der Waals surface area contributed by atoms with Gasteiger partial charge in [-0.15, -0.1) is 0 Å². The number of hydroxylamine groups is 1. The van der Waals surface area contributed by atoms with E-state index >= 15 is 0 Å². The number of alkyl halides is 3. The summed E-state index contributed by atoms with van der Waals surface area (Å²) in [6.45, 7) is 0. The van der Waals surface area contributed by atoms with Crippen LogP contribution in [0.2, 0.25) is 0 Å². The Morgan fingerprint density at radius 1 is 0.912 bits per heavy atom. The Morgan fingerprint density at radius 2 is 1.56 bits per heavy atom. The maximum atomic E-state index is 12.8. The molecule has 0 aromatic heterocycles. The van der Waals surface area contributed by atoms with Crippen LogP contribution in [0.1, 0.15) is 36.8 Å². The van der Waals surface area contributed by atoms with E-state index in [2.05, 4.69) is 10.6 Å². The molecule has 0 aliphatic rings. The van der Waals surface area contributed by atoms with Crippen LogP contribution in [0.25, 0.3) is 0 Å². The number of benzene rings is 2. The third-order valence-electron chi connectivity index (χ3n) is 5.40. The van der Waals surface area contributed by atoms with Crippen LogP contribution in [0.3, 0.4) is 0 Å². The van der Waals surface area contributed by atoms with Crippen molar-refractivity contribution in [2.75, 3.05) is 10.6 Å². The molecule has 3 aromatic rings. The zero-order valence-corrected chi connectivity index (χ0v) is 18.1. The van der Waals surface area contributed by atoms with E-state index in [4.69, 9.17) is 5.21 Å². The highest BCUT2D eigenvalue weighted by Crippen LogP contribution is 2.31. The normalized spacial score (nSPS) is 12.4. The monoisotopic (exact) mass is 475 g/mol. The molecular formula is C24H24F3N3O4. The van der Waals surface area contributed by atoms with Gasteiger partial charge in [0.1, 0.15) is 11.4 Å². The number of rotatable bonds is 11. The molecule has 1 atom stereocenters. The van der Waals surface area contributed by atoms with Crippen LogP contribution >= 0.6 is 0 Å². The molecule has 10 heteroatoms. The fraction of sp³-hybridized carbons (Fsp3) is 0.292. The molecule has 0 heterocycles. The second-order valence-corrected chi connectivity index (χ2v) is 7.92. The molecule has 4 N–H and O–H groups in total. The van der Waals surface area contributed by atoms with Gasteiger partial charge in [-0.1, -0.05) is 36.8 Å². The molecule has 0 fully saturated rings. The lowest BCUT2D eigenvalue weighted by molar-refractivity contribution is -0.137. The maximum Gasteiger partial charge on any atom is 0.416 e. The number of unbranched alkanes of at least 4 members (excludes halogenated alkanes) is 1. The fourth-order valence-corrected chi connectivity index (χ4v) is 3.60. The minimum absolute atomic E-state index is 0.00230. The van der Waals surface area contributed by atoms with E-state index in [1.54, 1.807) is 5.48 Å². The summed E-state index contributed by atoms with van der Waals surface area (Å²) in [5, 5.41) is 14.5. The Kier molecular flexibility index (Phi) is 8.06. The first-order chi connectivity index (χ1) is 16.2. The van der Waals surface area contributed by atoms with Gasteiger partial charge >= 0.3 is 6.18 Å². The van der Waals surface area contributed by atoms with Gasteiger partial charge in [0.25, 0.3) is 10.9 Å². The number of carbonyl (C=O) groups is 1. The molecule has 0 aliphatic carbocycles. The first-order valence-corrected chi connectivity index (χ1v) is 10.7. The Balaban J connectivity index is 1.73. The summed E-state index contributed by atoms with van der Waals surface area (Å²) in [5.74, 6) is -0.488. The predicted molar refractivity (Wildman–Crippen MR) is 122 cm³/mol. The maximum absolute atomic E-state index is 12.8. The number of hydrogen-bond acceptors (Lipinski definition) is 6. The van der Waals surface area contributed by atoms with Crippen LogP contribution < -0.4 is 27.0 Å². The first-order valence-electron chi connectivity index (χ1n) is 10.7. The Hall–Kier alpha value is -3.66. The number of carbonyl (C=O) groups excluding carboxylic acids is 1. The molecule has 3 aromatic carbocycles. The highest BCUT2D eigenvalue weighted by molar-refractivity contribution is 5.79. The molecule has 0 aliphatic heterocycles. The van der Waals surface area contributed by atoms with E-state index in [0.29, 0.717) is 25.7 Å². The third-order valence-corrected chi connectivity index (χ3v) is 5.40. The summed E-state index contributed by atoms with van der Waals surface area (Å²) in [6.07, 6.45) is -2.07. The molecule has 0 radical (unpaired) electrons. The van der Waals surface area contributed by atoms with E-state index in [1.165, 1.54) is 12.1 Å². The number of hydrogen-bond donors (Lipinski definition) is 4. The first kappa shape index (κ1) is 25.0. The van der Waals surface area contributed by atoms with Crippen molar-refractivity contribution in [2.45, 2.75) is 44.3 Å². The lowest BCUT2D eigenvalue weighted by Crippen LogP contribution is -2.39. The van der Waals surface area contributed by atoms with Gasteiger partial charge in [-0.05, 0) is 49.1 Å². The lowest BCUT2D eigenvalue weighted by atomic mass is 9.99.